The van der Waals surface area contributed by atoms with E-state index < -0.39 is 10.2 Å². The molecule has 1 saturated heterocycles. The summed E-state index contributed by atoms with van der Waals surface area (Å²) >= 11 is 0. The molecule has 2 atom stereocenters. The molecule has 2 aliphatic rings. The Morgan fingerprint density at radius 3 is 2.63 bits per heavy atom. The van der Waals surface area contributed by atoms with E-state index in [1.54, 1.807) is 11.4 Å². The lowest BCUT2D eigenvalue weighted by molar-refractivity contribution is 0.123. The van der Waals surface area contributed by atoms with Crippen LogP contribution in [0.3, 0.4) is 0 Å². The highest BCUT2D eigenvalue weighted by Crippen LogP contribution is 2.37. The van der Waals surface area contributed by atoms with E-state index in [0.29, 0.717) is 25.6 Å². The minimum absolute atomic E-state index is 0.243. The molecule has 112 valence electrons. The predicted octanol–water partition coefficient (Wildman–Crippen LogP) is 1.17. The summed E-state index contributed by atoms with van der Waals surface area (Å²) in [5.41, 5.74) is 5.47. The Hall–Kier alpha value is -0.170. The molecule has 2 rings (SSSR count). The Kier molecular flexibility index (Phi) is 5.22. The van der Waals surface area contributed by atoms with E-state index in [2.05, 4.69) is 0 Å². The SMILES string of the molecule is CN(CCCN)S(=O)(=O)N1CCCC2CCCCC21. The standard InChI is InChI=1S/C13H27N3O2S/c1-15(10-5-9-14)19(17,18)16-11-4-7-12-6-2-3-8-13(12)16/h12-13H,2-11,14H2,1H3. The van der Waals surface area contributed by atoms with E-state index in [1.165, 1.54) is 30.0 Å². The highest BCUT2D eigenvalue weighted by Gasteiger charge is 2.40. The number of nitrogens with zero attached hydrogens (tertiary/aromatic N) is 2. The molecule has 2 N–H and O–H groups in total. The monoisotopic (exact) mass is 289 g/mol. The molecular formula is C13H27N3O2S. The summed E-state index contributed by atoms with van der Waals surface area (Å²) in [5, 5.41) is 0. The summed E-state index contributed by atoms with van der Waals surface area (Å²) in [4.78, 5) is 0. The van der Waals surface area contributed by atoms with Gasteiger partial charge < -0.3 is 5.73 Å². The minimum Gasteiger partial charge on any atom is -0.330 e. The zero-order valence-electron chi connectivity index (χ0n) is 11.9. The Balaban J connectivity index is 2.09. The molecule has 0 aromatic heterocycles. The maximum absolute atomic E-state index is 12.7. The van der Waals surface area contributed by atoms with Crippen LogP contribution in [0.1, 0.15) is 44.9 Å². The average molecular weight is 289 g/mol. The highest BCUT2D eigenvalue weighted by molar-refractivity contribution is 7.86. The number of rotatable bonds is 5. The van der Waals surface area contributed by atoms with Crippen molar-refractivity contribution in [2.24, 2.45) is 11.7 Å². The lowest BCUT2D eigenvalue weighted by Crippen LogP contribution is -2.53. The van der Waals surface area contributed by atoms with Crippen LogP contribution in [-0.4, -0.2) is 49.8 Å². The van der Waals surface area contributed by atoms with Gasteiger partial charge in [0.15, 0.2) is 0 Å². The van der Waals surface area contributed by atoms with Crippen molar-refractivity contribution in [3.05, 3.63) is 0 Å². The molecular weight excluding hydrogens is 262 g/mol. The fourth-order valence-corrected chi connectivity index (χ4v) is 5.17. The first-order chi connectivity index (χ1) is 9.07. The summed E-state index contributed by atoms with van der Waals surface area (Å²) in [6.07, 6.45) is 7.58. The number of hydrogen-bond acceptors (Lipinski definition) is 3. The third-order valence-electron chi connectivity index (χ3n) is 4.56. The second kappa shape index (κ2) is 6.52. The van der Waals surface area contributed by atoms with E-state index in [1.807, 2.05) is 0 Å². The predicted molar refractivity (Wildman–Crippen MR) is 76.9 cm³/mol. The van der Waals surface area contributed by atoms with Crippen LogP contribution in [-0.2, 0) is 10.2 Å². The molecule has 0 amide bonds. The molecule has 6 heteroatoms. The van der Waals surface area contributed by atoms with E-state index >= 15 is 0 Å². The molecule has 0 aromatic carbocycles. The van der Waals surface area contributed by atoms with Crippen molar-refractivity contribution >= 4 is 10.2 Å². The fourth-order valence-electron chi connectivity index (χ4n) is 3.47. The van der Waals surface area contributed by atoms with Crippen molar-refractivity contribution in [3.8, 4) is 0 Å². The van der Waals surface area contributed by atoms with Crippen molar-refractivity contribution in [3.63, 3.8) is 0 Å². The van der Waals surface area contributed by atoms with Gasteiger partial charge in [-0.3, -0.25) is 0 Å². The molecule has 19 heavy (non-hydrogen) atoms. The highest BCUT2D eigenvalue weighted by atomic mass is 32.2. The van der Waals surface area contributed by atoms with Crippen LogP contribution < -0.4 is 5.73 Å². The van der Waals surface area contributed by atoms with Crippen LogP contribution in [0.25, 0.3) is 0 Å². The molecule has 1 aliphatic carbocycles. The van der Waals surface area contributed by atoms with Crippen molar-refractivity contribution in [1.29, 1.82) is 0 Å². The van der Waals surface area contributed by atoms with Gasteiger partial charge in [0, 0.05) is 26.2 Å². The third kappa shape index (κ3) is 3.29. The van der Waals surface area contributed by atoms with Crippen LogP contribution in [0.15, 0.2) is 0 Å². The second-order valence-corrected chi connectivity index (χ2v) is 7.82. The van der Waals surface area contributed by atoms with Gasteiger partial charge in [0.2, 0.25) is 0 Å². The summed E-state index contributed by atoms with van der Waals surface area (Å²) < 4.78 is 28.6. The van der Waals surface area contributed by atoms with E-state index in [4.69, 9.17) is 5.73 Å². The van der Waals surface area contributed by atoms with Gasteiger partial charge in [-0.2, -0.15) is 17.0 Å². The Morgan fingerprint density at radius 2 is 1.89 bits per heavy atom. The van der Waals surface area contributed by atoms with E-state index in [-0.39, 0.29) is 6.04 Å². The summed E-state index contributed by atoms with van der Waals surface area (Å²) in [5.74, 6) is 0.584. The Morgan fingerprint density at radius 1 is 1.21 bits per heavy atom. The minimum atomic E-state index is -3.29. The smallest absolute Gasteiger partial charge is 0.281 e. The first kappa shape index (κ1) is 15.2. The van der Waals surface area contributed by atoms with Gasteiger partial charge in [0.25, 0.3) is 10.2 Å². The van der Waals surface area contributed by atoms with Crippen molar-refractivity contribution in [2.75, 3.05) is 26.7 Å². The van der Waals surface area contributed by atoms with E-state index in [9.17, 15) is 8.42 Å². The molecule has 1 saturated carbocycles. The quantitative estimate of drug-likeness (QED) is 0.826. The number of piperidine rings is 1. The lowest BCUT2D eigenvalue weighted by Gasteiger charge is -2.44. The van der Waals surface area contributed by atoms with Crippen LogP contribution in [0.5, 0.6) is 0 Å². The van der Waals surface area contributed by atoms with Gasteiger partial charge in [-0.25, -0.2) is 0 Å². The van der Waals surface area contributed by atoms with Gasteiger partial charge in [0.05, 0.1) is 0 Å². The first-order valence-electron chi connectivity index (χ1n) is 7.50. The molecule has 0 spiro atoms. The molecule has 5 nitrogen and oxygen atoms in total. The molecule has 0 bridgehead atoms. The van der Waals surface area contributed by atoms with Crippen LogP contribution >= 0.6 is 0 Å². The summed E-state index contributed by atoms with van der Waals surface area (Å²) in [7, 11) is -1.62. The van der Waals surface area contributed by atoms with Gasteiger partial charge >= 0.3 is 0 Å². The summed E-state index contributed by atoms with van der Waals surface area (Å²) in [6, 6.07) is 0.243. The van der Waals surface area contributed by atoms with Crippen molar-refractivity contribution in [1.82, 2.24) is 8.61 Å². The van der Waals surface area contributed by atoms with Crippen LogP contribution in [0.2, 0.25) is 0 Å². The average Bonchev–Trinajstić information content (AvgIpc) is 2.43. The zero-order valence-corrected chi connectivity index (χ0v) is 12.7. The van der Waals surface area contributed by atoms with Gasteiger partial charge in [-0.05, 0) is 44.6 Å². The van der Waals surface area contributed by atoms with Gasteiger partial charge in [0.1, 0.15) is 0 Å². The molecule has 2 fully saturated rings. The third-order valence-corrected chi connectivity index (χ3v) is 6.58. The Bertz CT molecular complexity index is 383. The number of hydrogen-bond donors (Lipinski definition) is 1. The molecule has 0 radical (unpaired) electrons. The number of fused-ring (bicyclic) bond motifs is 1. The van der Waals surface area contributed by atoms with Crippen LogP contribution in [0.4, 0.5) is 0 Å². The van der Waals surface area contributed by atoms with Crippen molar-refractivity contribution < 1.29 is 8.42 Å². The van der Waals surface area contributed by atoms with Crippen molar-refractivity contribution in [2.45, 2.75) is 51.0 Å². The van der Waals surface area contributed by atoms with Crippen LogP contribution in [0, 0.1) is 5.92 Å². The largest absolute Gasteiger partial charge is 0.330 e. The summed E-state index contributed by atoms with van der Waals surface area (Å²) in [6.45, 7) is 1.75. The zero-order chi connectivity index (χ0) is 13.9. The molecule has 1 heterocycles. The molecule has 0 aromatic rings. The van der Waals surface area contributed by atoms with Gasteiger partial charge in [-0.15, -0.1) is 0 Å². The Labute approximate surface area is 117 Å². The maximum Gasteiger partial charge on any atom is 0.281 e. The number of nitrogens with two attached hydrogens (primary N) is 1. The fraction of sp³-hybridized carbons (Fsp3) is 1.00. The first-order valence-corrected chi connectivity index (χ1v) is 8.90. The van der Waals surface area contributed by atoms with E-state index in [0.717, 1.165) is 19.3 Å². The topological polar surface area (TPSA) is 66.6 Å². The molecule has 2 unspecified atom stereocenters. The lowest BCUT2D eigenvalue weighted by atomic mass is 9.79. The molecule has 1 aliphatic heterocycles. The maximum atomic E-state index is 12.7. The normalized spacial score (nSPS) is 29.4. The van der Waals surface area contributed by atoms with Gasteiger partial charge in [-0.1, -0.05) is 12.8 Å². The second-order valence-electron chi connectivity index (χ2n) is 5.84.